The number of hydrogen-bond acceptors (Lipinski definition) is 5. The summed E-state index contributed by atoms with van der Waals surface area (Å²) in [7, 11) is 0. The number of thioether (sulfide) groups is 1. The quantitative estimate of drug-likeness (QED) is 0.682. The molecule has 1 aromatic carbocycles. The number of rotatable bonds is 4. The second kappa shape index (κ2) is 7.86. The lowest BCUT2D eigenvalue weighted by Crippen LogP contribution is -2.40. The number of nitrogens with zero attached hydrogens (tertiary/aromatic N) is 1. The number of carbonyl (C=O) groups is 2. The first kappa shape index (κ1) is 21.4. The number of carboxylic acid groups (broad SMARTS) is 1. The Morgan fingerprint density at radius 1 is 1.17 bits per heavy atom. The van der Waals surface area contributed by atoms with Gasteiger partial charge in [-0.3, -0.25) is 9.79 Å². The van der Waals surface area contributed by atoms with E-state index in [1.807, 2.05) is 45.0 Å². The topological polar surface area (TPSA) is 90.8 Å². The standard InChI is InChI=1S/C22H29N3O3S/c1-21(2,3)25-19(26)13-6-8-14(9-7-13)23-15-10-22(4,5)11-16-18(15)29-12-17(24-16)20(27)28/h6-9,17,23H,10-12H2,1-5H3,(H,25,26)(H,27,28). The van der Waals surface area contributed by atoms with Crippen LogP contribution in [0.4, 0.5) is 5.69 Å². The van der Waals surface area contributed by atoms with Gasteiger partial charge in [0.05, 0.1) is 5.71 Å². The number of allylic oxidation sites excluding steroid dienone is 2. The van der Waals surface area contributed by atoms with Crippen LogP contribution in [0.3, 0.4) is 0 Å². The molecule has 1 aliphatic heterocycles. The molecule has 1 atom stereocenters. The van der Waals surface area contributed by atoms with Crippen LogP contribution < -0.4 is 10.6 Å². The van der Waals surface area contributed by atoms with Gasteiger partial charge >= 0.3 is 5.97 Å². The number of nitrogens with one attached hydrogen (secondary N) is 2. The lowest BCUT2D eigenvalue weighted by Gasteiger charge is -2.36. The van der Waals surface area contributed by atoms with Crippen LogP contribution in [0, 0.1) is 5.41 Å². The summed E-state index contributed by atoms with van der Waals surface area (Å²) in [6.45, 7) is 10.2. The van der Waals surface area contributed by atoms with Gasteiger partial charge in [0.15, 0.2) is 6.04 Å². The van der Waals surface area contributed by atoms with Gasteiger partial charge in [-0.1, -0.05) is 13.8 Å². The first-order valence-corrected chi connectivity index (χ1v) is 10.8. The Morgan fingerprint density at radius 2 is 1.83 bits per heavy atom. The second-order valence-electron chi connectivity index (χ2n) is 9.47. The Balaban J connectivity index is 1.82. The van der Waals surface area contributed by atoms with Crippen LogP contribution in [0.15, 0.2) is 39.9 Å². The maximum Gasteiger partial charge on any atom is 0.329 e. The smallest absolute Gasteiger partial charge is 0.329 e. The molecule has 29 heavy (non-hydrogen) atoms. The molecule has 1 heterocycles. The summed E-state index contributed by atoms with van der Waals surface area (Å²) in [6.07, 6.45) is 1.63. The molecule has 156 valence electrons. The zero-order chi connectivity index (χ0) is 21.4. The first-order valence-electron chi connectivity index (χ1n) is 9.79. The Bertz CT molecular complexity index is 880. The summed E-state index contributed by atoms with van der Waals surface area (Å²) in [5, 5.41) is 15.8. The van der Waals surface area contributed by atoms with E-state index in [0.29, 0.717) is 11.3 Å². The van der Waals surface area contributed by atoms with Crippen molar-refractivity contribution in [2.75, 3.05) is 11.1 Å². The molecule has 0 saturated heterocycles. The van der Waals surface area contributed by atoms with Crippen molar-refractivity contribution >= 4 is 35.0 Å². The number of aliphatic imine (C=N–C) groups is 1. The minimum atomic E-state index is -0.869. The van der Waals surface area contributed by atoms with Crippen molar-refractivity contribution in [3.8, 4) is 0 Å². The highest BCUT2D eigenvalue weighted by molar-refractivity contribution is 8.04. The van der Waals surface area contributed by atoms with Crippen LogP contribution in [0.25, 0.3) is 0 Å². The van der Waals surface area contributed by atoms with Crippen molar-refractivity contribution < 1.29 is 14.7 Å². The lowest BCUT2D eigenvalue weighted by atomic mass is 9.78. The van der Waals surface area contributed by atoms with Crippen molar-refractivity contribution in [2.45, 2.75) is 59.0 Å². The molecule has 1 unspecified atom stereocenters. The van der Waals surface area contributed by atoms with Gasteiger partial charge < -0.3 is 15.7 Å². The Morgan fingerprint density at radius 3 is 2.41 bits per heavy atom. The molecule has 0 aromatic heterocycles. The van der Waals surface area contributed by atoms with Crippen molar-refractivity contribution in [3.05, 3.63) is 40.4 Å². The molecule has 1 aromatic rings. The summed E-state index contributed by atoms with van der Waals surface area (Å²) in [6, 6.07) is 6.75. The van der Waals surface area contributed by atoms with Gasteiger partial charge in [-0.05, 0) is 63.3 Å². The zero-order valence-electron chi connectivity index (χ0n) is 17.6. The second-order valence-corrected chi connectivity index (χ2v) is 10.5. The highest BCUT2D eigenvalue weighted by atomic mass is 32.2. The highest BCUT2D eigenvalue weighted by Gasteiger charge is 2.36. The third-order valence-corrected chi connectivity index (χ3v) is 6.00. The predicted molar refractivity (Wildman–Crippen MR) is 119 cm³/mol. The van der Waals surface area contributed by atoms with Gasteiger partial charge in [0.2, 0.25) is 0 Å². The largest absolute Gasteiger partial charge is 0.480 e. The van der Waals surface area contributed by atoms with Crippen LogP contribution in [0.2, 0.25) is 0 Å². The molecule has 0 bridgehead atoms. The Kier molecular flexibility index (Phi) is 5.81. The zero-order valence-corrected chi connectivity index (χ0v) is 18.4. The molecule has 0 spiro atoms. The molecule has 3 rings (SSSR count). The fourth-order valence-corrected chi connectivity index (χ4v) is 4.64. The van der Waals surface area contributed by atoms with Crippen molar-refractivity contribution in [3.63, 3.8) is 0 Å². The van der Waals surface area contributed by atoms with Gasteiger partial charge in [-0.25, -0.2) is 4.79 Å². The number of aliphatic carboxylic acids is 1. The maximum atomic E-state index is 12.3. The fourth-order valence-electron chi connectivity index (χ4n) is 3.51. The van der Waals surface area contributed by atoms with Crippen LogP contribution in [0.5, 0.6) is 0 Å². The van der Waals surface area contributed by atoms with Crippen LogP contribution >= 0.6 is 11.8 Å². The van der Waals surface area contributed by atoms with Crippen molar-refractivity contribution in [1.82, 2.24) is 5.32 Å². The van der Waals surface area contributed by atoms with E-state index in [2.05, 4.69) is 29.5 Å². The number of hydrogen-bond donors (Lipinski definition) is 3. The number of carboxylic acids is 1. The summed E-state index contributed by atoms with van der Waals surface area (Å²) in [5.74, 6) is -0.515. The van der Waals surface area contributed by atoms with E-state index in [1.165, 1.54) is 0 Å². The minimum absolute atomic E-state index is 0.00183. The van der Waals surface area contributed by atoms with E-state index < -0.39 is 12.0 Å². The van der Waals surface area contributed by atoms with E-state index in [-0.39, 0.29) is 16.9 Å². The molecule has 6 nitrogen and oxygen atoms in total. The molecular weight excluding hydrogens is 386 g/mol. The van der Waals surface area contributed by atoms with E-state index in [0.717, 1.165) is 34.8 Å². The molecular formula is C22H29N3O3S. The van der Waals surface area contributed by atoms with Gasteiger partial charge in [-0.2, -0.15) is 0 Å². The third-order valence-electron chi connectivity index (χ3n) is 4.75. The van der Waals surface area contributed by atoms with Gasteiger partial charge in [0.25, 0.3) is 5.91 Å². The average molecular weight is 416 g/mol. The summed E-state index contributed by atoms with van der Waals surface area (Å²) >= 11 is 1.57. The van der Waals surface area contributed by atoms with Crippen molar-refractivity contribution in [2.24, 2.45) is 10.4 Å². The molecule has 3 N–H and O–H groups in total. The van der Waals surface area contributed by atoms with E-state index >= 15 is 0 Å². The van der Waals surface area contributed by atoms with Gasteiger partial charge in [0, 0.05) is 33.1 Å². The first-order chi connectivity index (χ1) is 13.4. The lowest BCUT2D eigenvalue weighted by molar-refractivity contribution is -0.137. The summed E-state index contributed by atoms with van der Waals surface area (Å²) in [4.78, 5) is 29.2. The monoisotopic (exact) mass is 415 g/mol. The number of amides is 1. The van der Waals surface area contributed by atoms with Crippen LogP contribution in [-0.2, 0) is 4.79 Å². The van der Waals surface area contributed by atoms with Crippen LogP contribution in [0.1, 0.15) is 57.8 Å². The fraction of sp³-hybridized carbons (Fsp3) is 0.500. The molecule has 0 saturated carbocycles. The SMILES string of the molecule is CC1(C)CC2=NC(C(=O)O)CSC2=C(Nc2ccc(C(=O)NC(C)(C)C)cc2)C1. The van der Waals surface area contributed by atoms with Crippen molar-refractivity contribution in [1.29, 1.82) is 0 Å². The third kappa shape index (κ3) is 5.41. The Hall–Kier alpha value is -2.28. The average Bonchev–Trinajstić information content (AvgIpc) is 2.59. The highest BCUT2D eigenvalue weighted by Crippen LogP contribution is 2.43. The molecule has 2 aliphatic rings. The maximum absolute atomic E-state index is 12.3. The van der Waals surface area contributed by atoms with Crippen LogP contribution in [-0.4, -0.2) is 40.0 Å². The number of carbonyl (C=O) groups excluding carboxylic acids is 1. The predicted octanol–water partition coefficient (Wildman–Crippen LogP) is 4.30. The Labute approximate surface area is 176 Å². The minimum Gasteiger partial charge on any atom is -0.480 e. The normalized spacial score (nSPS) is 21.1. The summed E-state index contributed by atoms with van der Waals surface area (Å²) in [5.41, 5.74) is 3.19. The molecule has 1 amide bonds. The van der Waals surface area contributed by atoms with E-state index in [9.17, 15) is 14.7 Å². The van der Waals surface area contributed by atoms with E-state index in [4.69, 9.17) is 0 Å². The van der Waals surface area contributed by atoms with Gasteiger partial charge in [0.1, 0.15) is 0 Å². The molecule has 7 heteroatoms. The van der Waals surface area contributed by atoms with Gasteiger partial charge in [-0.15, -0.1) is 11.8 Å². The summed E-state index contributed by atoms with van der Waals surface area (Å²) < 4.78 is 0. The number of fused-ring (bicyclic) bond motifs is 1. The number of benzene rings is 1. The molecule has 1 aliphatic carbocycles. The molecule has 0 fully saturated rings. The van der Waals surface area contributed by atoms with E-state index in [1.54, 1.807) is 11.8 Å². The molecule has 0 radical (unpaired) electrons. The number of anilines is 1.